The molecule has 2 aromatic heterocycles. The number of carbonyl (C=O) groups is 3. The van der Waals surface area contributed by atoms with Crippen LogP contribution >= 0.6 is 11.3 Å². The number of nitrogens with one attached hydrogen (secondary N) is 2. The van der Waals surface area contributed by atoms with Crippen molar-refractivity contribution in [1.82, 2.24) is 10.3 Å². The fraction of sp³-hybridized carbons (Fsp3) is 0.294. The summed E-state index contributed by atoms with van der Waals surface area (Å²) in [7, 11) is 1.24. The molecule has 4 aromatic rings. The van der Waals surface area contributed by atoms with Crippen molar-refractivity contribution in [2.24, 2.45) is 5.73 Å². The number of benzene rings is 2. The lowest BCUT2D eigenvalue weighted by Gasteiger charge is -2.26. The molecule has 1 aliphatic heterocycles. The Morgan fingerprint density at radius 1 is 1.00 bits per heavy atom. The van der Waals surface area contributed by atoms with E-state index in [-0.39, 0.29) is 23.5 Å². The first-order chi connectivity index (χ1) is 21.8. The zero-order valence-corrected chi connectivity index (χ0v) is 25.6. The lowest BCUT2D eigenvalue weighted by atomic mass is 9.92. The summed E-state index contributed by atoms with van der Waals surface area (Å²) in [4.78, 5) is 45.7. The van der Waals surface area contributed by atoms with Crippen LogP contribution in [0.1, 0.15) is 68.1 Å². The number of aliphatic hydroxyl groups is 1. The van der Waals surface area contributed by atoms with Crippen LogP contribution in [0.5, 0.6) is 5.75 Å². The SMILES string of the molecule is COC(=O)c1nc(C(=O)N[C@H]2CC[C@H](O)CC2)ccc1-c1cc2c(cc1C(=O)Nc1ccc(CN)cc1)-c1sccc1CCO2. The number of nitrogens with zero attached hydrogens (tertiary/aromatic N) is 1. The van der Waals surface area contributed by atoms with Crippen molar-refractivity contribution in [3.63, 3.8) is 0 Å². The van der Waals surface area contributed by atoms with Crippen LogP contribution in [0.2, 0.25) is 0 Å². The third kappa shape index (κ3) is 6.46. The van der Waals surface area contributed by atoms with Gasteiger partial charge in [-0.1, -0.05) is 12.1 Å². The van der Waals surface area contributed by atoms with Crippen LogP contribution in [0.25, 0.3) is 21.6 Å². The van der Waals surface area contributed by atoms with Gasteiger partial charge in [0.15, 0.2) is 5.69 Å². The van der Waals surface area contributed by atoms with E-state index in [1.54, 1.807) is 41.7 Å². The number of fused-ring (bicyclic) bond motifs is 3. The number of rotatable bonds is 7. The number of aromatic nitrogens is 1. The number of carbonyl (C=O) groups excluding carboxylic acids is 3. The summed E-state index contributed by atoms with van der Waals surface area (Å²) in [6, 6.07) is 15.9. The summed E-state index contributed by atoms with van der Waals surface area (Å²) >= 11 is 1.57. The maximum absolute atomic E-state index is 14.0. The Hall–Kier alpha value is -4.58. The van der Waals surface area contributed by atoms with Gasteiger partial charge in [-0.15, -0.1) is 11.3 Å². The Kier molecular flexibility index (Phi) is 8.92. The number of nitrogens with two attached hydrogens (primary N) is 1. The molecule has 2 amide bonds. The molecule has 1 saturated carbocycles. The van der Waals surface area contributed by atoms with E-state index in [1.807, 2.05) is 17.5 Å². The number of hydrogen-bond acceptors (Lipinski definition) is 9. The van der Waals surface area contributed by atoms with Gasteiger partial charge in [0.25, 0.3) is 11.8 Å². The predicted octanol–water partition coefficient (Wildman–Crippen LogP) is 4.94. The molecule has 232 valence electrons. The van der Waals surface area contributed by atoms with Crippen LogP contribution in [0.15, 0.2) is 60.0 Å². The van der Waals surface area contributed by atoms with E-state index in [2.05, 4.69) is 21.7 Å². The van der Waals surface area contributed by atoms with E-state index in [0.717, 1.165) is 28.0 Å². The van der Waals surface area contributed by atoms with E-state index < -0.39 is 17.8 Å². The summed E-state index contributed by atoms with van der Waals surface area (Å²) < 4.78 is 11.2. The Bertz CT molecular complexity index is 1740. The highest BCUT2D eigenvalue weighted by Crippen LogP contribution is 2.43. The van der Waals surface area contributed by atoms with Crippen LogP contribution in [0.3, 0.4) is 0 Å². The highest BCUT2D eigenvalue weighted by Gasteiger charge is 2.28. The molecule has 3 heterocycles. The average molecular weight is 627 g/mol. The van der Waals surface area contributed by atoms with Crippen LogP contribution in [0.4, 0.5) is 5.69 Å². The second kappa shape index (κ2) is 13.2. The van der Waals surface area contributed by atoms with E-state index in [0.29, 0.717) is 67.0 Å². The summed E-state index contributed by atoms with van der Waals surface area (Å²) in [5.41, 5.74) is 10.1. The van der Waals surface area contributed by atoms with Gasteiger partial charge in [-0.25, -0.2) is 9.78 Å². The van der Waals surface area contributed by atoms with E-state index in [4.69, 9.17) is 15.2 Å². The number of esters is 1. The minimum absolute atomic E-state index is 0.0468. The van der Waals surface area contributed by atoms with Crippen molar-refractivity contribution >= 4 is 34.8 Å². The number of hydrogen-bond donors (Lipinski definition) is 4. The molecule has 1 aliphatic carbocycles. The highest BCUT2D eigenvalue weighted by atomic mass is 32.1. The van der Waals surface area contributed by atoms with Crippen LogP contribution in [0, 0.1) is 0 Å². The molecule has 5 N–H and O–H groups in total. The van der Waals surface area contributed by atoms with Crippen molar-refractivity contribution in [2.45, 2.75) is 50.8 Å². The third-order valence-corrected chi connectivity index (χ3v) is 9.25. The van der Waals surface area contributed by atoms with Gasteiger partial charge in [0.05, 0.1) is 19.8 Å². The van der Waals surface area contributed by atoms with Gasteiger partial charge in [-0.05, 0) is 84.7 Å². The van der Waals surface area contributed by atoms with Crippen LogP contribution < -0.4 is 21.1 Å². The minimum Gasteiger partial charge on any atom is -0.493 e. The van der Waals surface area contributed by atoms with Crippen molar-refractivity contribution in [3.05, 3.63) is 88.1 Å². The van der Waals surface area contributed by atoms with Gasteiger partial charge in [-0.2, -0.15) is 0 Å². The van der Waals surface area contributed by atoms with E-state index >= 15 is 0 Å². The topological polar surface area (TPSA) is 153 Å². The Balaban J connectivity index is 1.43. The first kappa shape index (κ1) is 30.4. The molecular weight excluding hydrogens is 592 g/mol. The molecule has 11 heteroatoms. The fourth-order valence-electron chi connectivity index (χ4n) is 5.78. The van der Waals surface area contributed by atoms with Crippen molar-refractivity contribution < 1.29 is 29.0 Å². The quantitative estimate of drug-likeness (QED) is 0.211. The minimum atomic E-state index is -0.749. The molecule has 0 radical (unpaired) electrons. The number of pyridine rings is 1. The number of anilines is 1. The molecule has 2 aromatic carbocycles. The molecule has 0 atom stereocenters. The fourth-order valence-corrected chi connectivity index (χ4v) is 6.76. The van der Waals surface area contributed by atoms with Crippen molar-refractivity contribution in [1.29, 1.82) is 0 Å². The zero-order chi connectivity index (χ0) is 31.5. The molecule has 6 rings (SSSR count). The van der Waals surface area contributed by atoms with Gasteiger partial charge >= 0.3 is 5.97 Å². The molecule has 0 unspecified atom stereocenters. The number of methoxy groups -OCH3 is 1. The zero-order valence-electron chi connectivity index (χ0n) is 24.8. The molecular formula is C34H34N4O6S. The Morgan fingerprint density at radius 3 is 2.51 bits per heavy atom. The normalized spacial score (nSPS) is 17.2. The summed E-state index contributed by atoms with van der Waals surface area (Å²) in [6.07, 6.45) is 2.90. The predicted molar refractivity (Wildman–Crippen MR) is 172 cm³/mol. The van der Waals surface area contributed by atoms with Gasteiger partial charge in [0.1, 0.15) is 11.4 Å². The maximum atomic E-state index is 14.0. The first-order valence-corrected chi connectivity index (χ1v) is 15.8. The maximum Gasteiger partial charge on any atom is 0.357 e. The number of ether oxygens (including phenoxy) is 2. The van der Waals surface area contributed by atoms with Gasteiger partial charge in [0, 0.05) is 51.8 Å². The van der Waals surface area contributed by atoms with Gasteiger partial charge in [0.2, 0.25) is 0 Å². The lowest BCUT2D eigenvalue weighted by Crippen LogP contribution is -2.39. The summed E-state index contributed by atoms with van der Waals surface area (Å²) in [5, 5.41) is 17.8. The van der Waals surface area contributed by atoms with Crippen molar-refractivity contribution in [3.8, 4) is 27.3 Å². The third-order valence-electron chi connectivity index (χ3n) is 8.26. The number of thiophene rings is 1. The standard InChI is InChI=1S/C34H34N4O6S/c1-43-34(42)30-24(10-11-28(38-30)33(41)37-22-6-8-23(39)9-7-22)25-17-29-27(31-20(12-14-44-29)13-15-45-31)16-26(25)32(40)36-21-4-2-19(18-35)3-5-21/h2-5,10-11,13,15-17,22-23,39H,6-9,12,14,18,35H2,1H3,(H,36,40)(H,37,41)/t22-,23-. The second-order valence-corrected chi connectivity index (χ2v) is 12.1. The van der Waals surface area contributed by atoms with Gasteiger partial charge in [-0.3, -0.25) is 9.59 Å². The van der Waals surface area contributed by atoms with E-state index in [1.165, 1.54) is 13.2 Å². The molecule has 0 saturated heterocycles. The molecule has 0 bridgehead atoms. The second-order valence-electron chi connectivity index (χ2n) is 11.2. The molecule has 1 fully saturated rings. The monoisotopic (exact) mass is 626 g/mol. The Labute approximate surface area is 264 Å². The van der Waals surface area contributed by atoms with E-state index in [9.17, 15) is 19.5 Å². The Morgan fingerprint density at radius 2 is 1.78 bits per heavy atom. The van der Waals surface area contributed by atoms with Gasteiger partial charge < -0.3 is 30.9 Å². The first-order valence-electron chi connectivity index (χ1n) is 14.9. The van der Waals surface area contributed by atoms with Crippen LogP contribution in [-0.2, 0) is 17.7 Å². The smallest absolute Gasteiger partial charge is 0.357 e. The summed E-state index contributed by atoms with van der Waals surface area (Å²) in [5.74, 6) is -0.997. The van der Waals surface area contributed by atoms with Crippen LogP contribution in [-0.4, -0.2) is 53.7 Å². The summed E-state index contributed by atoms with van der Waals surface area (Å²) in [6.45, 7) is 0.835. The average Bonchev–Trinajstić information content (AvgIpc) is 3.46. The molecule has 10 nitrogen and oxygen atoms in total. The molecule has 45 heavy (non-hydrogen) atoms. The lowest BCUT2D eigenvalue weighted by molar-refractivity contribution is 0.0594. The van der Waals surface area contributed by atoms with Crippen molar-refractivity contribution in [2.75, 3.05) is 19.0 Å². The number of amides is 2. The number of aliphatic hydroxyl groups excluding tert-OH is 1. The molecule has 2 aliphatic rings. The largest absolute Gasteiger partial charge is 0.493 e. The highest BCUT2D eigenvalue weighted by molar-refractivity contribution is 7.13. The molecule has 0 spiro atoms.